The van der Waals surface area contributed by atoms with E-state index in [0.29, 0.717) is 12.5 Å². The van der Waals surface area contributed by atoms with Crippen LogP contribution in [0.4, 0.5) is 0 Å². The van der Waals surface area contributed by atoms with Crippen LogP contribution < -0.4 is 5.32 Å². The zero-order valence-corrected chi connectivity index (χ0v) is 14.0. The van der Waals surface area contributed by atoms with Crippen molar-refractivity contribution in [3.63, 3.8) is 0 Å². The van der Waals surface area contributed by atoms with Gasteiger partial charge < -0.3 is 14.7 Å². The van der Waals surface area contributed by atoms with Gasteiger partial charge in [-0.3, -0.25) is 10.1 Å². The second kappa shape index (κ2) is 8.71. The van der Waals surface area contributed by atoms with Gasteiger partial charge in [-0.15, -0.1) is 0 Å². The van der Waals surface area contributed by atoms with Gasteiger partial charge in [-0.1, -0.05) is 0 Å². The van der Waals surface area contributed by atoms with Gasteiger partial charge in [-0.05, 0) is 66.0 Å². The van der Waals surface area contributed by atoms with Gasteiger partial charge in [-0.2, -0.15) is 0 Å². The zero-order chi connectivity index (χ0) is 15.9. The van der Waals surface area contributed by atoms with Crippen LogP contribution in [0.15, 0.2) is 0 Å². The summed E-state index contributed by atoms with van der Waals surface area (Å²) >= 11 is 0. The lowest BCUT2D eigenvalue weighted by Gasteiger charge is -2.32. The minimum atomic E-state index is -0.814. The van der Waals surface area contributed by atoms with E-state index in [1.54, 1.807) is 14.0 Å². The van der Waals surface area contributed by atoms with E-state index in [2.05, 4.69) is 10.2 Å². The van der Waals surface area contributed by atoms with E-state index in [9.17, 15) is 9.90 Å². The number of carbonyl (C=O) groups is 1. The molecule has 0 radical (unpaired) electrons. The number of nitrogens with zero attached hydrogens (tertiary/aromatic N) is 1. The predicted molar refractivity (Wildman–Crippen MR) is 84.6 cm³/mol. The lowest BCUT2D eigenvalue weighted by Crippen LogP contribution is -2.52. The Morgan fingerprint density at radius 1 is 1.48 bits per heavy atom. The molecule has 0 bridgehead atoms. The number of nitrogens with one attached hydrogen (secondary N) is 1. The number of hydrogen-bond acceptors (Lipinski definition) is 4. The topological polar surface area (TPSA) is 61.8 Å². The maximum atomic E-state index is 11.4. The first kappa shape index (κ1) is 18.4. The first-order valence-corrected chi connectivity index (χ1v) is 8.13. The van der Waals surface area contributed by atoms with Crippen LogP contribution in [0.2, 0.25) is 0 Å². The van der Waals surface area contributed by atoms with Crippen molar-refractivity contribution in [2.75, 3.05) is 26.7 Å². The third-order valence-corrected chi connectivity index (χ3v) is 4.28. The van der Waals surface area contributed by atoms with E-state index in [4.69, 9.17) is 4.74 Å². The Bertz CT molecular complexity index is 323. The van der Waals surface area contributed by atoms with E-state index in [1.165, 1.54) is 6.42 Å². The minimum absolute atomic E-state index is 0.177. The van der Waals surface area contributed by atoms with Crippen molar-refractivity contribution in [1.29, 1.82) is 0 Å². The predicted octanol–water partition coefficient (Wildman–Crippen LogP) is 2.11. The molecule has 1 rings (SSSR count). The third-order valence-electron chi connectivity index (χ3n) is 4.28. The van der Waals surface area contributed by atoms with Crippen LogP contribution in [0.1, 0.15) is 52.9 Å². The van der Waals surface area contributed by atoms with Crippen LogP contribution in [-0.2, 0) is 9.53 Å². The Labute approximate surface area is 129 Å². The summed E-state index contributed by atoms with van der Waals surface area (Å²) in [5.74, 6) is -0.756. The first-order chi connectivity index (χ1) is 9.87. The monoisotopic (exact) mass is 300 g/mol. The van der Waals surface area contributed by atoms with E-state index in [1.807, 2.05) is 13.8 Å². The highest BCUT2D eigenvalue weighted by molar-refractivity contribution is 5.78. The molecule has 21 heavy (non-hydrogen) atoms. The van der Waals surface area contributed by atoms with Crippen LogP contribution in [0.25, 0.3) is 0 Å². The molecule has 1 aliphatic heterocycles. The fourth-order valence-electron chi connectivity index (χ4n) is 3.10. The largest absolute Gasteiger partial charge is 0.480 e. The normalized spacial score (nSPS) is 23.2. The molecule has 0 aliphatic carbocycles. The summed E-state index contributed by atoms with van der Waals surface area (Å²) in [5, 5.41) is 12.6. The standard InChI is InChI=1S/C16H32N2O3/c1-13(2)17-16(3,15(19)20)9-5-6-10-18-11-7-8-14(12-18)21-4/h13-14,17H,5-12H2,1-4H3,(H,19,20). The van der Waals surface area contributed by atoms with Crippen molar-refractivity contribution in [3.05, 3.63) is 0 Å². The SMILES string of the molecule is COC1CCCN(CCCCC(C)(NC(C)C)C(=O)O)C1. The van der Waals surface area contributed by atoms with E-state index in [-0.39, 0.29) is 6.04 Å². The second-order valence-electron chi connectivity index (χ2n) is 6.69. The molecule has 0 aromatic carbocycles. The smallest absolute Gasteiger partial charge is 0.323 e. The van der Waals surface area contributed by atoms with Crippen molar-refractivity contribution in [3.8, 4) is 0 Å². The highest BCUT2D eigenvalue weighted by Gasteiger charge is 2.32. The van der Waals surface area contributed by atoms with Gasteiger partial charge in [0.05, 0.1) is 6.10 Å². The average molecular weight is 300 g/mol. The molecule has 1 heterocycles. The number of carboxylic acids is 1. The summed E-state index contributed by atoms with van der Waals surface area (Å²) < 4.78 is 5.43. The number of aliphatic carboxylic acids is 1. The molecule has 5 heteroatoms. The van der Waals surface area contributed by atoms with Crippen molar-refractivity contribution >= 4 is 5.97 Å². The average Bonchev–Trinajstić information content (AvgIpc) is 2.43. The molecule has 0 aromatic rings. The fraction of sp³-hybridized carbons (Fsp3) is 0.938. The molecular weight excluding hydrogens is 268 g/mol. The van der Waals surface area contributed by atoms with Crippen molar-refractivity contribution in [1.82, 2.24) is 10.2 Å². The highest BCUT2D eigenvalue weighted by atomic mass is 16.5. The summed E-state index contributed by atoms with van der Waals surface area (Å²) in [5.41, 5.74) is -0.814. The van der Waals surface area contributed by atoms with Crippen LogP contribution in [0, 0.1) is 0 Å². The number of piperidine rings is 1. The molecular formula is C16H32N2O3. The molecule has 124 valence electrons. The van der Waals surface area contributed by atoms with E-state index >= 15 is 0 Å². The summed E-state index contributed by atoms with van der Waals surface area (Å²) in [6.45, 7) is 8.95. The molecule has 2 N–H and O–H groups in total. The first-order valence-electron chi connectivity index (χ1n) is 8.13. The quantitative estimate of drug-likeness (QED) is 0.639. The van der Waals surface area contributed by atoms with Gasteiger partial charge in [0.15, 0.2) is 0 Å². The van der Waals surface area contributed by atoms with Crippen molar-refractivity contribution < 1.29 is 14.6 Å². The van der Waals surface area contributed by atoms with Crippen LogP contribution >= 0.6 is 0 Å². The van der Waals surface area contributed by atoms with Gasteiger partial charge in [0.1, 0.15) is 5.54 Å². The van der Waals surface area contributed by atoms with Gasteiger partial charge in [0, 0.05) is 19.7 Å². The number of likely N-dealkylation sites (tertiary alicyclic amines) is 1. The number of rotatable bonds is 9. The number of hydrogen-bond donors (Lipinski definition) is 2. The molecule has 1 saturated heterocycles. The Balaban J connectivity index is 2.29. The Hall–Kier alpha value is -0.650. The summed E-state index contributed by atoms with van der Waals surface area (Å²) in [6.07, 6.45) is 5.35. The zero-order valence-electron chi connectivity index (χ0n) is 14.0. The van der Waals surface area contributed by atoms with Gasteiger partial charge in [0.2, 0.25) is 0 Å². The van der Waals surface area contributed by atoms with Crippen LogP contribution in [0.3, 0.4) is 0 Å². The van der Waals surface area contributed by atoms with Crippen molar-refractivity contribution in [2.24, 2.45) is 0 Å². The molecule has 1 aliphatic rings. The maximum Gasteiger partial charge on any atom is 0.323 e. The van der Waals surface area contributed by atoms with Crippen LogP contribution in [-0.4, -0.2) is 60.4 Å². The summed E-state index contributed by atoms with van der Waals surface area (Å²) in [6, 6.07) is 0.177. The molecule has 1 fully saturated rings. The van der Waals surface area contributed by atoms with Gasteiger partial charge in [0.25, 0.3) is 0 Å². The van der Waals surface area contributed by atoms with E-state index < -0.39 is 11.5 Å². The fourth-order valence-corrected chi connectivity index (χ4v) is 3.10. The number of methoxy groups -OCH3 is 1. The summed E-state index contributed by atoms with van der Waals surface area (Å²) in [4.78, 5) is 13.9. The molecule has 2 unspecified atom stereocenters. The van der Waals surface area contributed by atoms with Gasteiger partial charge >= 0.3 is 5.97 Å². The van der Waals surface area contributed by atoms with E-state index in [0.717, 1.165) is 38.9 Å². The number of ether oxygens (including phenoxy) is 1. The third kappa shape index (κ3) is 6.32. The maximum absolute atomic E-state index is 11.4. The molecule has 0 saturated carbocycles. The Morgan fingerprint density at radius 2 is 2.19 bits per heavy atom. The molecule has 0 aromatic heterocycles. The van der Waals surface area contributed by atoms with Crippen molar-refractivity contribution in [2.45, 2.75) is 70.6 Å². The lowest BCUT2D eigenvalue weighted by atomic mass is 9.93. The van der Waals surface area contributed by atoms with Crippen LogP contribution in [0.5, 0.6) is 0 Å². The second-order valence-corrected chi connectivity index (χ2v) is 6.69. The minimum Gasteiger partial charge on any atom is -0.480 e. The number of carboxylic acid groups (broad SMARTS) is 1. The highest BCUT2D eigenvalue weighted by Crippen LogP contribution is 2.17. The molecule has 0 spiro atoms. The number of unbranched alkanes of at least 4 members (excludes halogenated alkanes) is 1. The lowest BCUT2D eigenvalue weighted by molar-refractivity contribution is -0.144. The molecule has 2 atom stereocenters. The van der Waals surface area contributed by atoms with Gasteiger partial charge in [-0.25, -0.2) is 0 Å². The molecule has 5 nitrogen and oxygen atoms in total. The Morgan fingerprint density at radius 3 is 2.76 bits per heavy atom. The Kier molecular flexibility index (Phi) is 7.63. The summed E-state index contributed by atoms with van der Waals surface area (Å²) in [7, 11) is 1.78. The molecule has 0 amide bonds.